The second-order valence-electron chi connectivity index (χ2n) is 7.78. The van der Waals surface area contributed by atoms with E-state index in [0.29, 0.717) is 23.8 Å². The number of pyridine rings is 2. The van der Waals surface area contributed by atoms with Crippen molar-refractivity contribution >= 4 is 17.7 Å². The number of nitrogens with one attached hydrogen (secondary N) is 2. The van der Waals surface area contributed by atoms with Gasteiger partial charge in [-0.1, -0.05) is 13.8 Å². The number of nitrogens with two attached hydrogens (primary N) is 1. The van der Waals surface area contributed by atoms with E-state index in [-0.39, 0.29) is 17.4 Å². The van der Waals surface area contributed by atoms with Gasteiger partial charge in [0, 0.05) is 12.7 Å². The number of hydrogen-bond donors (Lipinski definition) is 3. The molecule has 13 heteroatoms. The number of guanidine groups is 1. The van der Waals surface area contributed by atoms with Gasteiger partial charge in [0.05, 0.1) is 12.2 Å². The van der Waals surface area contributed by atoms with Crippen molar-refractivity contribution in [2.24, 2.45) is 16.6 Å². The number of aliphatic imine (C=N–C) groups is 1. The van der Waals surface area contributed by atoms with E-state index in [1.165, 1.54) is 6.20 Å². The molecular formula is C21H25F5N6O2. The van der Waals surface area contributed by atoms with Crippen LogP contribution in [0.2, 0.25) is 0 Å². The monoisotopic (exact) mass is 488 g/mol. The highest BCUT2D eigenvalue weighted by molar-refractivity contribution is 5.93. The molecule has 0 aliphatic heterocycles. The van der Waals surface area contributed by atoms with Crippen LogP contribution in [0.3, 0.4) is 0 Å². The average molecular weight is 488 g/mol. The van der Waals surface area contributed by atoms with Crippen molar-refractivity contribution in [3.63, 3.8) is 0 Å². The average Bonchev–Trinajstić information content (AvgIpc) is 2.76. The fraction of sp³-hybridized carbons (Fsp3) is 0.429. The normalized spacial score (nSPS) is 13.5. The van der Waals surface area contributed by atoms with Crippen LogP contribution in [0.1, 0.15) is 42.9 Å². The molecule has 1 unspecified atom stereocenters. The number of amides is 1. The molecule has 2 aromatic rings. The van der Waals surface area contributed by atoms with E-state index in [1.54, 1.807) is 19.1 Å². The van der Waals surface area contributed by atoms with E-state index in [2.05, 4.69) is 30.3 Å². The van der Waals surface area contributed by atoms with Crippen LogP contribution in [0.4, 0.5) is 27.8 Å². The summed E-state index contributed by atoms with van der Waals surface area (Å²) < 4.78 is 66.9. The van der Waals surface area contributed by atoms with Gasteiger partial charge in [-0.2, -0.15) is 22.0 Å². The Labute approximate surface area is 192 Å². The standard InChI is InChI=1S/C21H25F5N6O2/c1-12(2)9-30-19(27)32-17-8-14(6-7-28-17)13(3)31-18(33)16-5-4-15(10-29-16)34-11-20(22,23)21(24,25)26/h4-8,10,12-13H,9,11H2,1-3H3,(H,31,33)(H3,27,28,30,32). The van der Waals surface area contributed by atoms with Crippen LogP contribution >= 0.6 is 0 Å². The van der Waals surface area contributed by atoms with E-state index < -0.39 is 30.7 Å². The van der Waals surface area contributed by atoms with Crippen molar-refractivity contribution in [2.75, 3.05) is 18.5 Å². The van der Waals surface area contributed by atoms with Crippen molar-refractivity contribution in [1.82, 2.24) is 15.3 Å². The number of rotatable bonds is 9. The van der Waals surface area contributed by atoms with Gasteiger partial charge in [-0.25, -0.2) is 9.97 Å². The number of aromatic nitrogens is 2. The number of hydrogen-bond acceptors (Lipinski definition) is 5. The molecule has 2 aromatic heterocycles. The summed E-state index contributed by atoms with van der Waals surface area (Å²) in [5, 5.41) is 5.57. The molecule has 0 aromatic carbocycles. The van der Waals surface area contributed by atoms with Gasteiger partial charge >= 0.3 is 12.1 Å². The smallest absolute Gasteiger partial charge is 0.456 e. The summed E-state index contributed by atoms with van der Waals surface area (Å²) in [6.45, 7) is 4.37. The minimum absolute atomic E-state index is 0.0840. The Kier molecular flexibility index (Phi) is 8.71. The number of carbonyl (C=O) groups excluding carboxylic acids is 1. The number of ether oxygens (including phenoxy) is 1. The third kappa shape index (κ3) is 7.81. The first kappa shape index (κ1) is 26.7. The topological polar surface area (TPSA) is 115 Å². The number of alkyl halides is 5. The molecule has 0 aliphatic carbocycles. The largest absolute Gasteiger partial charge is 0.485 e. The Balaban J connectivity index is 1.97. The highest BCUT2D eigenvalue weighted by Crippen LogP contribution is 2.35. The predicted octanol–water partition coefficient (Wildman–Crippen LogP) is 3.93. The van der Waals surface area contributed by atoms with E-state index in [1.807, 2.05) is 13.8 Å². The highest BCUT2D eigenvalue weighted by Gasteiger charge is 2.58. The zero-order valence-electron chi connectivity index (χ0n) is 18.7. The van der Waals surface area contributed by atoms with Crippen molar-refractivity contribution in [3.8, 4) is 5.75 Å². The summed E-state index contributed by atoms with van der Waals surface area (Å²) in [4.78, 5) is 24.5. The van der Waals surface area contributed by atoms with E-state index in [9.17, 15) is 26.7 Å². The zero-order chi connectivity index (χ0) is 25.5. The minimum Gasteiger partial charge on any atom is -0.485 e. The second kappa shape index (κ2) is 11.1. The van der Waals surface area contributed by atoms with E-state index >= 15 is 0 Å². The van der Waals surface area contributed by atoms with Crippen molar-refractivity contribution in [3.05, 3.63) is 47.9 Å². The number of anilines is 1. The lowest BCUT2D eigenvalue weighted by molar-refractivity contribution is -0.290. The molecule has 0 saturated heterocycles. The van der Waals surface area contributed by atoms with Gasteiger partial charge in [-0.05, 0) is 42.7 Å². The summed E-state index contributed by atoms with van der Waals surface area (Å²) in [7, 11) is 0. The first-order valence-electron chi connectivity index (χ1n) is 10.2. The molecule has 1 atom stereocenters. The molecule has 0 spiro atoms. The second-order valence-corrected chi connectivity index (χ2v) is 7.78. The van der Waals surface area contributed by atoms with Gasteiger partial charge in [0.25, 0.3) is 5.91 Å². The van der Waals surface area contributed by atoms with Crippen LogP contribution in [0.15, 0.2) is 41.7 Å². The molecule has 0 saturated carbocycles. The molecule has 0 fully saturated rings. The quantitative estimate of drug-likeness (QED) is 0.280. The molecule has 8 nitrogen and oxygen atoms in total. The highest BCUT2D eigenvalue weighted by atomic mass is 19.4. The molecule has 4 N–H and O–H groups in total. The molecular weight excluding hydrogens is 463 g/mol. The van der Waals surface area contributed by atoms with E-state index in [0.717, 1.165) is 18.3 Å². The molecule has 2 rings (SSSR count). The summed E-state index contributed by atoms with van der Waals surface area (Å²) in [5.74, 6) is -4.97. The van der Waals surface area contributed by atoms with Gasteiger partial charge in [0.1, 0.15) is 17.3 Å². The first-order valence-corrected chi connectivity index (χ1v) is 10.2. The molecule has 0 radical (unpaired) electrons. The molecule has 1 amide bonds. The van der Waals surface area contributed by atoms with Crippen LogP contribution in [0, 0.1) is 5.92 Å². The van der Waals surface area contributed by atoms with Gasteiger partial charge in [-0.15, -0.1) is 0 Å². The fourth-order valence-electron chi connectivity index (χ4n) is 2.45. The summed E-state index contributed by atoms with van der Waals surface area (Å²) in [6.07, 6.45) is -3.32. The van der Waals surface area contributed by atoms with Gasteiger partial charge in [0.2, 0.25) is 0 Å². The lowest BCUT2D eigenvalue weighted by Crippen LogP contribution is -2.41. The predicted molar refractivity (Wildman–Crippen MR) is 116 cm³/mol. The molecule has 2 heterocycles. The van der Waals surface area contributed by atoms with Crippen molar-refractivity contribution < 1.29 is 31.5 Å². The Hall–Kier alpha value is -3.51. The third-order valence-electron chi connectivity index (χ3n) is 4.32. The van der Waals surface area contributed by atoms with Crippen LogP contribution in [-0.4, -0.2) is 47.1 Å². The number of nitrogens with zero attached hydrogens (tertiary/aromatic N) is 3. The van der Waals surface area contributed by atoms with E-state index in [4.69, 9.17) is 5.73 Å². The van der Waals surface area contributed by atoms with Crippen molar-refractivity contribution in [1.29, 1.82) is 0 Å². The fourth-order valence-corrected chi connectivity index (χ4v) is 2.45. The maximum atomic E-state index is 12.9. The Morgan fingerprint density at radius 1 is 1.15 bits per heavy atom. The third-order valence-corrected chi connectivity index (χ3v) is 4.32. The SMILES string of the molecule is CC(C)CN=C(N)Nc1cc(C(C)NC(=O)c2ccc(OCC(F)(F)C(F)(F)F)cn2)ccn1. The van der Waals surface area contributed by atoms with Crippen LogP contribution in [0.5, 0.6) is 5.75 Å². The van der Waals surface area contributed by atoms with Crippen LogP contribution in [-0.2, 0) is 0 Å². The van der Waals surface area contributed by atoms with Gasteiger partial charge in [0.15, 0.2) is 12.6 Å². The molecule has 34 heavy (non-hydrogen) atoms. The maximum Gasteiger partial charge on any atom is 0.456 e. The number of halogens is 5. The van der Waals surface area contributed by atoms with Crippen LogP contribution in [0.25, 0.3) is 0 Å². The summed E-state index contributed by atoms with van der Waals surface area (Å²) in [6, 6.07) is 5.10. The lowest BCUT2D eigenvalue weighted by atomic mass is 10.1. The molecule has 0 aliphatic rings. The molecule has 0 bridgehead atoms. The Bertz CT molecular complexity index is 996. The maximum absolute atomic E-state index is 12.9. The lowest BCUT2D eigenvalue weighted by Gasteiger charge is -2.19. The van der Waals surface area contributed by atoms with Gasteiger partial charge < -0.3 is 21.1 Å². The Morgan fingerprint density at radius 3 is 2.44 bits per heavy atom. The first-order chi connectivity index (χ1) is 15.8. The van der Waals surface area contributed by atoms with Gasteiger partial charge in [-0.3, -0.25) is 9.79 Å². The summed E-state index contributed by atoms with van der Waals surface area (Å²) >= 11 is 0. The number of carbonyl (C=O) groups is 1. The van der Waals surface area contributed by atoms with Crippen LogP contribution < -0.4 is 21.1 Å². The minimum atomic E-state index is -5.73. The Morgan fingerprint density at radius 2 is 1.85 bits per heavy atom. The summed E-state index contributed by atoms with van der Waals surface area (Å²) in [5.41, 5.74) is 6.44. The van der Waals surface area contributed by atoms with Crippen molar-refractivity contribution in [2.45, 2.75) is 38.9 Å². The molecule has 186 valence electrons. The zero-order valence-corrected chi connectivity index (χ0v) is 18.7.